The first kappa shape index (κ1) is 9.41. The maximum Gasteiger partial charge on any atom is 0.0966 e. The maximum absolute atomic E-state index is 10.4. The van der Waals surface area contributed by atoms with Crippen LogP contribution in [0, 0.1) is 5.92 Å². The largest absolute Gasteiger partial charge is 0.385 e. The first-order chi connectivity index (χ1) is 6.66. The normalized spacial score (nSPS) is 30.1. The zero-order valence-corrected chi connectivity index (χ0v) is 8.57. The molecule has 14 heavy (non-hydrogen) atoms. The number of fused-ring (bicyclic) bond motifs is 1. The average Bonchev–Trinajstić information content (AvgIpc) is 2.18. The van der Waals surface area contributed by atoms with Gasteiger partial charge in [-0.3, -0.25) is 4.99 Å². The summed E-state index contributed by atoms with van der Waals surface area (Å²) in [4.78, 5) is 4.36. The summed E-state index contributed by atoms with van der Waals surface area (Å²) in [6.07, 6.45) is 2.77. The van der Waals surface area contributed by atoms with Crippen molar-refractivity contribution in [2.45, 2.75) is 25.9 Å². The van der Waals surface area contributed by atoms with Gasteiger partial charge >= 0.3 is 0 Å². The van der Waals surface area contributed by atoms with Crippen molar-refractivity contribution in [1.29, 1.82) is 0 Å². The van der Waals surface area contributed by atoms with Gasteiger partial charge in [0.1, 0.15) is 0 Å². The Morgan fingerprint density at radius 2 is 2.14 bits per heavy atom. The zero-order chi connectivity index (χ0) is 10.2. The SMILES string of the molecule is CCC1C=Nc2ccccc2C1(C)O. The summed E-state index contributed by atoms with van der Waals surface area (Å²) in [6, 6.07) is 7.78. The number of benzene rings is 1. The molecule has 1 heterocycles. The summed E-state index contributed by atoms with van der Waals surface area (Å²) in [5.41, 5.74) is 1.06. The maximum atomic E-state index is 10.4. The van der Waals surface area contributed by atoms with Crippen molar-refractivity contribution >= 4 is 11.9 Å². The highest BCUT2D eigenvalue weighted by atomic mass is 16.3. The molecular formula is C12H15NO. The molecule has 1 N–H and O–H groups in total. The fourth-order valence-corrected chi connectivity index (χ4v) is 2.03. The summed E-state index contributed by atoms with van der Waals surface area (Å²) in [5.74, 6) is 0.123. The minimum Gasteiger partial charge on any atom is -0.385 e. The van der Waals surface area contributed by atoms with Crippen LogP contribution in [0.1, 0.15) is 25.8 Å². The molecule has 2 heteroatoms. The number of rotatable bonds is 1. The summed E-state index contributed by atoms with van der Waals surface area (Å²) in [6.45, 7) is 3.93. The van der Waals surface area contributed by atoms with Crippen LogP contribution < -0.4 is 0 Å². The van der Waals surface area contributed by atoms with Crippen LogP contribution in [0.25, 0.3) is 0 Å². The van der Waals surface area contributed by atoms with Crippen molar-refractivity contribution < 1.29 is 5.11 Å². The van der Waals surface area contributed by atoms with Crippen molar-refractivity contribution in [2.24, 2.45) is 10.9 Å². The molecule has 0 saturated carbocycles. The Balaban J connectivity index is 2.54. The molecule has 2 unspecified atom stereocenters. The van der Waals surface area contributed by atoms with Crippen LogP contribution in [0.5, 0.6) is 0 Å². The molecule has 74 valence electrons. The van der Waals surface area contributed by atoms with Gasteiger partial charge in [-0.1, -0.05) is 25.1 Å². The van der Waals surface area contributed by atoms with E-state index in [-0.39, 0.29) is 5.92 Å². The Kier molecular flexibility index (Phi) is 2.16. The minimum absolute atomic E-state index is 0.123. The molecule has 1 aliphatic heterocycles. The summed E-state index contributed by atoms with van der Waals surface area (Å²) < 4.78 is 0. The van der Waals surface area contributed by atoms with Crippen LogP contribution in [0.4, 0.5) is 5.69 Å². The van der Waals surface area contributed by atoms with E-state index in [1.807, 2.05) is 37.4 Å². The molecule has 0 amide bonds. The van der Waals surface area contributed by atoms with Crippen LogP contribution in [0.3, 0.4) is 0 Å². The van der Waals surface area contributed by atoms with Crippen LogP contribution in [0.15, 0.2) is 29.3 Å². The molecule has 1 aromatic rings. The third kappa shape index (κ3) is 1.26. The van der Waals surface area contributed by atoms with Gasteiger partial charge in [-0.2, -0.15) is 0 Å². The quantitative estimate of drug-likeness (QED) is 0.723. The van der Waals surface area contributed by atoms with E-state index in [1.165, 1.54) is 0 Å². The summed E-state index contributed by atoms with van der Waals surface area (Å²) in [5, 5.41) is 10.4. The molecule has 1 aliphatic rings. The number of hydrogen-bond acceptors (Lipinski definition) is 2. The lowest BCUT2D eigenvalue weighted by Gasteiger charge is -2.34. The van der Waals surface area contributed by atoms with Crippen LogP contribution in [-0.2, 0) is 5.60 Å². The Labute approximate surface area is 84.3 Å². The fourth-order valence-electron chi connectivity index (χ4n) is 2.03. The molecule has 0 spiro atoms. The number of nitrogens with zero attached hydrogens (tertiary/aromatic N) is 1. The molecule has 0 fully saturated rings. The highest BCUT2D eigenvalue weighted by molar-refractivity contribution is 5.73. The van der Waals surface area contributed by atoms with E-state index in [4.69, 9.17) is 0 Å². The Hall–Kier alpha value is -1.15. The molecular weight excluding hydrogens is 174 g/mol. The van der Waals surface area contributed by atoms with Crippen LogP contribution in [0.2, 0.25) is 0 Å². The molecule has 0 aromatic heterocycles. The predicted molar refractivity (Wildman–Crippen MR) is 57.9 cm³/mol. The Bertz CT molecular complexity index is 368. The lowest BCUT2D eigenvalue weighted by atomic mass is 9.79. The average molecular weight is 189 g/mol. The van der Waals surface area contributed by atoms with Crippen molar-refractivity contribution in [3.63, 3.8) is 0 Å². The standard InChI is InChI=1S/C12H15NO/c1-3-9-8-13-11-7-5-4-6-10(11)12(9,2)14/h4-9,14H,3H2,1-2H3. The van der Waals surface area contributed by atoms with E-state index >= 15 is 0 Å². The molecule has 0 saturated heterocycles. The van der Waals surface area contributed by atoms with Gasteiger partial charge in [-0.05, 0) is 19.4 Å². The topological polar surface area (TPSA) is 32.6 Å². The van der Waals surface area contributed by atoms with E-state index in [0.717, 1.165) is 17.7 Å². The van der Waals surface area contributed by atoms with Crippen molar-refractivity contribution in [3.05, 3.63) is 29.8 Å². The van der Waals surface area contributed by atoms with E-state index in [2.05, 4.69) is 11.9 Å². The van der Waals surface area contributed by atoms with Gasteiger partial charge in [0.25, 0.3) is 0 Å². The minimum atomic E-state index is -0.771. The molecule has 0 bridgehead atoms. The van der Waals surface area contributed by atoms with E-state index in [0.29, 0.717) is 0 Å². The number of aliphatic imine (C=N–C) groups is 1. The van der Waals surface area contributed by atoms with E-state index in [9.17, 15) is 5.11 Å². The first-order valence-electron chi connectivity index (χ1n) is 5.02. The zero-order valence-electron chi connectivity index (χ0n) is 8.57. The van der Waals surface area contributed by atoms with Gasteiger partial charge in [0, 0.05) is 17.7 Å². The molecule has 2 rings (SSSR count). The van der Waals surface area contributed by atoms with Gasteiger partial charge in [0.15, 0.2) is 0 Å². The van der Waals surface area contributed by atoms with Crippen LogP contribution in [-0.4, -0.2) is 11.3 Å². The first-order valence-corrected chi connectivity index (χ1v) is 5.02. The lowest BCUT2D eigenvalue weighted by molar-refractivity contribution is 0.0205. The number of aliphatic hydroxyl groups is 1. The second-order valence-corrected chi connectivity index (χ2v) is 3.96. The molecule has 2 nitrogen and oxygen atoms in total. The summed E-state index contributed by atoms with van der Waals surface area (Å²) >= 11 is 0. The van der Waals surface area contributed by atoms with E-state index < -0.39 is 5.60 Å². The van der Waals surface area contributed by atoms with Gasteiger partial charge in [-0.25, -0.2) is 0 Å². The molecule has 0 radical (unpaired) electrons. The van der Waals surface area contributed by atoms with Gasteiger partial charge < -0.3 is 5.11 Å². The third-order valence-electron chi connectivity index (χ3n) is 3.00. The van der Waals surface area contributed by atoms with Crippen molar-refractivity contribution in [1.82, 2.24) is 0 Å². The van der Waals surface area contributed by atoms with Crippen LogP contribution >= 0.6 is 0 Å². The predicted octanol–water partition coefficient (Wildman–Crippen LogP) is 2.64. The van der Waals surface area contributed by atoms with Crippen molar-refractivity contribution in [2.75, 3.05) is 0 Å². The smallest absolute Gasteiger partial charge is 0.0966 e. The highest BCUT2D eigenvalue weighted by Gasteiger charge is 2.35. The van der Waals surface area contributed by atoms with E-state index in [1.54, 1.807) is 0 Å². The summed E-state index contributed by atoms with van der Waals surface area (Å²) in [7, 11) is 0. The second kappa shape index (κ2) is 3.21. The Morgan fingerprint density at radius 1 is 1.43 bits per heavy atom. The van der Waals surface area contributed by atoms with Gasteiger partial charge in [-0.15, -0.1) is 0 Å². The molecule has 2 atom stereocenters. The second-order valence-electron chi connectivity index (χ2n) is 3.96. The number of hydrogen-bond donors (Lipinski definition) is 1. The monoisotopic (exact) mass is 189 g/mol. The molecule has 1 aromatic carbocycles. The lowest BCUT2D eigenvalue weighted by Crippen LogP contribution is -2.34. The van der Waals surface area contributed by atoms with Gasteiger partial charge in [0.05, 0.1) is 11.3 Å². The Morgan fingerprint density at radius 3 is 2.86 bits per heavy atom. The number of para-hydroxylation sites is 1. The fraction of sp³-hybridized carbons (Fsp3) is 0.417. The third-order valence-corrected chi connectivity index (χ3v) is 3.00. The van der Waals surface area contributed by atoms with Gasteiger partial charge in [0.2, 0.25) is 0 Å². The molecule has 0 aliphatic carbocycles. The highest BCUT2D eigenvalue weighted by Crippen LogP contribution is 2.39. The van der Waals surface area contributed by atoms with Crippen molar-refractivity contribution in [3.8, 4) is 0 Å².